The van der Waals surface area contributed by atoms with Crippen molar-refractivity contribution in [3.63, 3.8) is 0 Å². The van der Waals surface area contributed by atoms with Crippen molar-refractivity contribution < 1.29 is 0 Å². The van der Waals surface area contributed by atoms with Gasteiger partial charge in [-0.2, -0.15) is 0 Å². The lowest BCUT2D eigenvalue weighted by Gasteiger charge is -2.41. The van der Waals surface area contributed by atoms with Gasteiger partial charge in [0.25, 0.3) is 0 Å². The van der Waals surface area contributed by atoms with Crippen LogP contribution in [-0.2, 0) is 0 Å². The Morgan fingerprint density at radius 3 is 1.87 bits per heavy atom. The molecule has 3 nitrogen and oxygen atoms in total. The molecule has 0 radical (unpaired) electrons. The van der Waals surface area contributed by atoms with Crippen molar-refractivity contribution in [2.45, 2.75) is 33.7 Å². The van der Waals surface area contributed by atoms with Crippen LogP contribution in [0.1, 0.15) is 27.7 Å². The molecule has 0 atom stereocenters. The molecule has 15 heavy (non-hydrogen) atoms. The van der Waals surface area contributed by atoms with Gasteiger partial charge >= 0.3 is 0 Å². The summed E-state index contributed by atoms with van der Waals surface area (Å²) in [6.07, 6.45) is 0. The van der Waals surface area contributed by atoms with Gasteiger partial charge in [-0.15, -0.1) is 0 Å². The zero-order valence-electron chi connectivity index (χ0n) is 11.0. The number of hydrogen-bond acceptors (Lipinski definition) is 1. The highest BCUT2D eigenvalue weighted by molar-refractivity contribution is 5.80. The third kappa shape index (κ3) is 3.11. The molecule has 0 saturated carbocycles. The molecule has 1 fully saturated rings. The van der Waals surface area contributed by atoms with Gasteiger partial charge in [-0.3, -0.25) is 4.99 Å². The first kappa shape index (κ1) is 12.3. The molecule has 1 saturated heterocycles. The molecule has 1 aliphatic heterocycles. The lowest BCUT2D eigenvalue weighted by atomic mass is 9.93. The van der Waals surface area contributed by atoms with Crippen LogP contribution in [0.4, 0.5) is 0 Å². The summed E-state index contributed by atoms with van der Waals surface area (Å²) in [4.78, 5) is 9.23. The van der Waals surface area contributed by atoms with Gasteiger partial charge < -0.3 is 9.80 Å². The van der Waals surface area contributed by atoms with E-state index in [-0.39, 0.29) is 0 Å². The minimum absolute atomic E-state index is 0.375. The lowest BCUT2D eigenvalue weighted by molar-refractivity contribution is 0.196. The van der Waals surface area contributed by atoms with Crippen LogP contribution in [0, 0.1) is 11.8 Å². The van der Waals surface area contributed by atoms with E-state index in [9.17, 15) is 0 Å². The van der Waals surface area contributed by atoms with E-state index >= 15 is 0 Å². The van der Waals surface area contributed by atoms with Crippen molar-refractivity contribution in [1.29, 1.82) is 0 Å². The van der Waals surface area contributed by atoms with Crippen LogP contribution < -0.4 is 0 Å². The molecule has 88 valence electrons. The highest BCUT2D eigenvalue weighted by atomic mass is 15.4. The molecule has 0 N–H and O–H groups in total. The van der Waals surface area contributed by atoms with Gasteiger partial charge in [0.15, 0.2) is 5.96 Å². The minimum atomic E-state index is 0.375. The van der Waals surface area contributed by atoms with Crippen LogP contribution >= 0.6 is 0 Å². The summed E-state index contributed by atoms with van der Waals surface area (Å²) in [6, 6.07) is 0.375. The quantitative estimate of drug-likeness (QED) is 0.695. The molecule has 0 unspecified atom stereocenters. The zero-order chi connectivity index (χ0) is 11.6. The molecule has 0 spiro atoms. The lowest BCUT2D eigenvalue weighted by Crippen LogP contribution is -2.52. The van der Waals surface area contributed by atoms with Crippen LogP contribution in [0.5, 0.6) is 0 Å². The summed E-state index contributed by atoms with van der Waals surface area (Å²) >= 11 is 0. The maximum Gasteiger partial charge on any atom is 0.196 e. The average Bonchev–Trinajstić information content (AvgIpc) is 2.10. The third-order valence-corrected chi connectivity index (χ3v) is 3.02. The highest BCUT2D eigenvalue weighted by Crippen LogP contribution is 2.19. The van der Waals surface area contributed by atoms with E-state index < -0.39 is 0 Å². The van der Waals surface area contributed by atoms with Gasteiger partial charge in [-0.25, -0.2) is 0 Å². The fraction of sp³-hybridized carbons (Fsp3) is 0.917. The van der Waals surface area contributed by atoms with Crippen molar-refractivity contribution in [2.24, 2.45) is 16.8 Å². The van der Waals surface area contributed by atoms with Crippen molar-refractivity contribution >= 4 is 5.96 Å². The van der Waals surface area contributed by atoms with E-state index in [1.54, 1.807) is 0 Å². The van der Waals surface area contributed by atoms with E-state index in [1.807, 2.05) is 0 Å². The molecular weight excluding hydrogens is 186 g/mol. The Labute approximate surface area is 94.2 Å². The summed E-state index contributed by atoms with van der Waals surface area (Å²) in [5.41, 5.74) is 0. The number of rotatable bonds is 2. The van der Waals surface area contributed by atoms with E-state index in [4.69, 9.17) is 0 Å². The van der Waals surface area contributed by atoms with E-state index in [0.29, 0.717) is 6.04 Å². The predicted octanol–water partition coefficient (Wildman–Crippen LogP) is 1.90. The molecular formula is C12H25N3. The second kappa shape index (κ2) is 4.86. The standard InChI is InChI=1S/C12H25N3/c1-9(2)11-7-14(5)12(13-10(3)4)15(6)8-11/h9-11H,7-8H2,1-6H3. The second-order valence-electron chi connectivity index (χ2n) is 5.29. The monoisotopic (exact) mass is 211 g/mol. The van der Waals surface area contributed by atoms with Crippen LogP contribution in [0.15, 0.2) is 4.99 Å². The van der Waals surface area contributed by atoms with Gasteiger partial charge in [0.05, 0.1) is 0 Å². The highest BCUT2D eigenvalue weighted by Gasteiger charge is 2.27. The smallest absolute Gasteiger partial charge is 0.196 e. The molecule has 0 aromatic heterocycles. The minimum Gasteiger partial charge on any atom is -0.346 e. The van der Waals surface area contributed by atoms with E-state index in [0.717, 1.165) is 30.9 Å². The van der Waals surface area contributed by atoms with Crippen molar-refractivity contribution in [3.05, 3.63) is 0 Å². The molecule has 0 amide bonds. The molecule has 1 rings (SSSR count). The Balaban J connectivity index is 2.73. The van der Waals surface area contributed by atoms with Crippen molar-refractivity contribution in [2.75, 3.05) is 27.2 Å². The van der Waals surface area contributed by atoms with Crippen LogP contribution in [0.2, 0.25) is 0 Å². The van der Waals surface area contributed by atoms with Gasteiger partial charge in [0.1, 0.15) is 0 Å². The first-order valence-corrected chi connectivity index (χ1v) is 5.92. The third-order valence-electron chi connectivity index (χ3n) is 3.02. The number of hydrogen-bond donors (Lipinski definition) is 0. The number of guanidine groups is 1. The Hall–Kier alpha value is -0.730. The Kier molecular flexibility index (Phi) is 4.00. The van der Waals surface area contributed by atoms with Gasteiger partial charge in [-0.1, -0.05) is 13.8 Å². The molecule has 0 aromatic rings. The predicted molar refractivity (Wildman–Crippen MR) is 66.2 cm³/mol. The normalized spacial score (nSPS) is 22.9. The summed E-state index contributed by atoms with van der Waals surface area (Å²) in [7, 11) is 4.29. The Morgan fingerprint density at radius 1 is 1.07 bits per heavy atom. The van der Waals surface area contributed by atoms with E-state index in [2.05, 4.69) is 56.6 Å². The molecule has 0 bridgehead atoms. The maximum absolute atomic E-state index is 4.66. The van der Waals surface area contributed by atoms with E-state index in [1.165, 1.54) is 0 Å². The first-order chi connectivity index (χ1) is 6.91. The van der Waals surface area contributed by atoms with Crippen molar-refractivity contribution in [1.82, 2.24) is 9.80 Å². The fourth-order valence-corrected chi connectivity index (χ4v) is 2.07. The summed E-state index contributed by atoms with van der Waals surface area (Å²) in [5, 5.41) is 0. The second-order valence-corrected chi connectivity index (χ2v) is 5.29. The summed E-state index contributed by atoms with van der Waals surface area (Å²) < 4.78 is 0. The SMILES string of the molecule is CC(C)N=C1N(C)CC(C(C)C)CN1C. The van der Waals surface area contributed by atoms with Crippen LogP contribution in [0.25, 0.3) is 0 Å². The number of nitrogens with zero attached hydrogens (tertiary/aromatic N) is 3. The molecule has 3 heteroatoms. The van der Waals surface area contributed by atoms with Crippen LogP contribution in [-0.4, -0.2) is 49.0 Å². The average molecular weight is 211 g/mol. The Morgan fingerprint density at radius 2 is 1.53 bits per heavy atom. The molecule has 1 heterocycles. The van der Waals surface area contributed by atoms with Crippen LogP contribution in [0.3, 0.4) is 0 Å². The fourth-order valence-electron chi connectivity index (χ4n) is 2.07. The van der Waals surface area contributed by atoms with Gasteiger partial charge in [0, 0.05) is 33.2 Å². The first-order valence-electron chi connectivity index (χ1n) is 5.92. The topological polar surface area (TPSA) is 18.8 Å². The zero-order valence-corrected chi connectivity index (χ0v) is 11.0. The Bertz CT molecular complexity index is 219. The summed E-state index contributed by atoms with van der Waals surface area (Å²) in [6.45, 7) is 11.1. The molecule has 0 aromatic carbocycles. The molecule has 0 aliphatic carbocycles. The largest absolute Gasteiger partial charge is 0.346 e. The van der Waals surface area contributed by atoms with Crippen molar-refractivity contribution in [3.8, 4) is 0 Å². The number of aliphatic imine (C=N–C) groups is 1. The van der Waals surface area contributed by atoms with Gasteiger partial charge in [0.2, 0.25) is 0 Å². The molecule has 1 aliphatic rings. The maximum atomic E-state index is 4.66. The summed E-state index contributed by atoms with van der Waals surface area (Å²) in [5.74, 6) is 2.64. The van der Waals surface area contributed by atoms with Gasteiger partial charge in [-0.05, 0) is 25.7 Å².